The fraction of sp³-hybridized carbons (Fsp3) is 0.429. The van der Waals surface area contributed by atoms with Gasteiger partial charge in [0.05, 0.1) is 0 Å². The third-order valence-corrected chi connectivity index (χ3v) is 3.41. The van der Waals surface area contributed by atoms with Gasteiger partial charge in [0.2, 0.25) is 0 Å². The molecule has 0 spiro atoms. The highest BCUT2D eigenvalue weighted by Gasteiger charge is 2.06. The molecule has 0 aliphatic heterocycles. The Morgan fingerprint density at radius 3 is 2.59 bits per heavy atom. The Hall–Kier alpha value is -1.78. The van der Waals surface area contributed by atoms with E-state index in [0.717, 1.165) is 18.7 Å². The SMILES string of the molecule is C=C(C)c1cccc(CN(C)C/C=C/C#CC(C)(C)C)c1C. The van der Waals surface area contributed by atoms with Crippen LogP contribution in [0.25, 0.3) is 5.57 Å². The summed E-state index contributed by atoms with van der Waals surface area (Å²) in [6.45, 7) is 16.5. The van der Waals surface area contributed by atoms with E-state index in [2.05, 4.69) is 89.3 Å². The van der Waals surface area contributed by atoms with Crippen LogP contribution >= 0.6 is 0 Å². The molecule has 118 valence electrons. The van der Waals surface area contributed by atoms with Crippen LogP contribution in [-0.2, 0) is 6.54 Å². The van der Waals surface area contributed by atoms with E-state index in [1.165, 1.54) is 16.7 Å². The van der Waals surface area contributed by atoms with E-state index in [4.69, 9.17) is 0 Å². The lowest BCUT2D eigenvalue weighted by molar-refractivity contribution is 0.362. The van der Waals surface area contributed by atoms with E-state index in [-0.39, 0.29) is 5.41 Å². The summed E-state index contributed by atoms with van der Waals surface area (Å²) in [5.74, 6) is 6.32. The van der Waals surface area contributed by atoms with Crippen molar-refractivity contribution in [3.8, 4) is 11.8 Å². The van der Waals surface area contributed by atoms with E-state index in [1.54, 1.807) is 0 Å². The Morgan fingerprint density at radius 2 is 2.00 bits per heavy atom. The van der Waals surface area contributed by atoms with Crippen LogP contribution in [0.2, 0.25) is 0 Å². The third kappa shape index (κ3) is 6.33. The second-order valence-corrected chi connectivity index (χ2v) is 6.99. The molecule has 1 aromatic rings. The van der Waals surface area contributed by atoms with Crippen LogP contribution in [0.1, 0.15) is 44.4 Å². The summed E-state index contributed by atoms with van der Waals surface area (Å²) >= 11 is 0. The minimum Gasteiger partial charge on any atom is -0.298 e. The summed E-state index contributed by atoms with van der Waals surface area (Å²) < 4.78 is 0. The van der Waals surface area contributed by atoms with Gasteiger partial charge in [0.15, 0.2) is 0 Å². The lowest BCUT2D eigenvalue weighted by Crippen LogP contribution is -2.18. The van der Waals surface area contributed by atoms with Gasteiger partial charge < -0.3 is 0 Å². The van der Waals surface area contributed by atoms with Crippen molar-refractivity contribution in [3.63, 3.8) is 0 Å². The Labute approximate surface area is 136 Å². The molecule has 1 nitrogen and oxygen atoms in total. The van der Waals surface area contributed by atoms with Gasteiger partial charge in [0.25, 0.3) is 0 Å². The molecule has 0 aliphatic carbocycles. The summed E-state index contributed by atoms with van der Waals surface area (Å²) in [5.41, 5.74) is 5.14. The number of hydrogen-bond acceptors (Lipinski definition) is 1. The van der Waals surface area contributed by atoms with Crippen LogP contribution in [-0.4, -0.2) is 18.5 Å². The standard InChI is InChI=1S/C21H29N/c1-17(2)20-13-11-12-19(18(20)3)16-22(7)15-10-8-9-14-21(4,5)6/h8,10-13H,1,15-16H2,2-7H3/b10-8+. The van der Waals surface area contributed by atoms with E-state index < -0.39 is 0 Å². The van der Waals surface area contributed by atoms with Gasteiger partial charge in [-0.2, -0.15) is 0 Å². The second-order valence-electron chi connectivity index (χ2n) is 6.99. The summed E-state index contributed by atoms with van der Waals surface area (Å²) in [6.07, 6.45) is 4.08. The molecule has 0 aromatic heterocycles. The molecule has 0 bridgehead atoms. The first-order chi connectivity index (χ1) is 10.2. The number of hydrogen-bond donors (Lipinski definition) is 0. The normalized spacial score (nSPS) is 11.6. The average Bonchev–Trinajstić information content (AvgIpc) is 2.39. The fourth-order valence-corrected chi connectivity index (χ4v) is 2.22. The molecule has 0 N–H and O–H groups in total. The van der Waals surface area contributed by atoms with Crippen molar-refractivity contribution >= 4 is 5.57 Å². The summed E-state index contributed by atoms with van der Waals surface area (Å²) in [7, 11) is 2.13. The molecule has 0 amide bonds. The maximum absolute atomic E-state index is 4.06. The molecule has 0 saturated carbocycles. The van der Waals surface area contributed by atoms with Crippen molar-refractivity contribution in [3.05, 3.63) is 53.6 Å². The quantitative estimate of drug-likeness (QED) is 0.686. The highest BCUT2D eigenvalue weighted by atomic mass is 15.1. The van der Waals surface area contributed by atoms with Crippen molar-refractivity contribution < 1.29 is 0 Å². The molecular formula is C21H29N. The first-order valence-corrected chi connectivity index (χ1v) is 7.81. The van der Waals surface area contributed by atoms with Gasteiger partial charge in [-0.3, -0.25) is 4.90 Å². The lowest BCUT2D eigenvalue weighted by Gasteiger charge is -2.18. The van der Waals surface area contributed by atoms with E-state index in [9.17, 15) is 0 Å². The highest BCUT2D eigenvalue weighted by molar-refractivity contribution is 5.65. The Kier molecular flexibility index (Phi) is 6.65. The minimum atomic E-state index is 0.0658. The first-order valence-electron chi connectivity index (χ1n) is 7.81. The van der Waals surface area contributed by atoms with Crippen molar-refractivity contribution in [1.82, 2.24) is 4.90 Å². The van der Waals surface area contributed by atoms with Crippen molar-refractivity contribution in [2.24, 2.45) is 5.41 Å². The Balaban J connectivity index is 2.64. The molecule has 0 atom stereocenters. The number of nitrogens with zero attached hydrogens (tertiary/aromatic N) is 1. The van der Waals surface area contributed by atoms with Crippen LogP contribution in [0, 0.1) is 24.2 Å². The van der Waals surface area contributed by atoms with Gasteiger partial charge in [-0.1, -0.05) is 48.3 Å². The largest absolute Gasteiger partial charge is 0.298 e. The number of likely N-dealkylation sites (N-methyl/N-ethyl adjacent to an activating group) is 1. The number of rotatable bonds is 5. The second kappa shape index (κ2) is 8.01. The smallest absolute Gasteiger partial charge is 0.0236 e. The summed E-state index contributed by atoms with van der Waals surface area (Å²) in [4.78, 5) is 2.29. The zero-order valence-corrected chi connectivity index (χ0v) is 15.0. The van der Waals surface area contributed by atoms with Crippen LogP contribution in [0.5, 0.6) is 0 Å². The van der Waals surface area contributed by atoms with Gasteiger partial charge in [-0.05, 0) is 64.4 Å². The van der Waals surface area contributed by atoms with Crippen LogP contribution < -0.4 is 0 Å². The summed E-state index contributed by atoms with van der Waals surface area (Å²) in [6, 6.07) is 6.45. The predicted octanol–water partition coefficient (Wildman–Crippen LogP) is 5.07. The topological polar surface area (TPSA) is 3.24 Å². The van der Waals surface area contributed by atoms with Crippen molar-refractivity contribution in [1.29, 1.82) is 0 Å². The molecule has 1 aromatic carbocycles. The molecule has 0 fully saturated rings. The van der Waals surface area contributed by atoms with Gasteiger partial charge in [0, 0.05) is 18.5 Å². The van der Waals surface area contributed by atoms with Crippen molar-refractivity contribution in [2.45, 2.75) is 41.2 Å². The number of benzene rings is 1. The molecular weight excluding hydrogens is 266 g/mol. The van der Waals surface area contributed by atoms with Crippen molar-refractivity contribution in [2.75, 3.05) is 13.6 Å². The van der Waals surface area contributed by atoms with Crippen LogP contribution in [0.15, 0.2) is 36.9 Å². The molecule has 0 saturated heterocycles. The molecule has 1 rings (SSSR count). The van der Waals surface area contributed by atoms with Gasteiger partial charge in [0.1, 0.15) is 0 Å². The number of allylic oxidation sites excluding steroid dienone is 2. The zero-order chi connectivity index (χ0) is 16.8. The zero-order valence-electron chi connectivity index (χ0n) is 15.0. The Bertz CT molecular complexity index is 603. The third-order valence-electron chi connectivity index (χ3n) is 3.41. The maximum atomic E-state index is 4.06. The monoisotopic (exact) mass is 295 g/mol. The van der Waals surface area contributed by atoms with Gasteiger partial charge >= 0.3 is 0 Å². The molecule has 22 heavy (non-hydrogen) atoms. The van der Waals surface area contributed by atoms with E-state index in [1.807, 2.05) is 6.08 Å². The van der Waals surface area contributed by atoms with E-state index in [0.29, 0.717) is 0 Å². The lowest BCUT2D eigenvalue weighted by atomic mass is 9.98. The minimum absolute atomic E-state index is 0.0658. The average molecular weight is 295 g/mol. The molecule has 1 heteroatoms. The fourth-order valence-electron chi connectivity index (χ4n) is 2.22. The molecule has 0 heterocycles. The van der Waals surface area contributed by atoms with Gasteiger partial charge in [-0.15, -0.1) is 0 Å². The molecule has 0 aliphatic rings. The Morgan fingerprint density at radius 1 is 1.32 bits per heavy atom. The molecule has 0 radical (unpaired) electrons. The highest BCUT2D eigenvalue weighted by Crippen LogP contribution is 2.21. The first kappa shape index (κ1) is 18.3. The van der Waals surface area contributed by atoms with Crippen LogP contribution in [0.3, 0.4) is 0 Å². The maximum Gasteiger partial charge on any atom is 0.0236 e. The van der Waals surface area contributed by atoms with Crippen LogP contribution in [0.4, 0.5) is 0 Å². The van der Waals surface area contributed by atoms with E-state index >= 15 is 0 Å². The van der Waals surface area contributed by atoms with Gasteiger partial charge in [-0.25, -0.2) is 0 Å². The summed E-state index contributed by atoms with van der Waals surface area (Å²) in [5, 5.41) is 0. The molecule has 0 unspecified atom stereocenters. The predicted molar refractivity (Wildman–Crippen MR) is 98.6 cm³/mol.